The second-order valence-electron chi connectivity index (χ2n) is 6.29. The Hall–Kier alpha value is -1.72. The first-order valence-electron chi connectivity index (χ1n) is 8.54. The van der Waals surface area contributed by atoms with Crippen LogP contribution in [0.15, 0.2) is 35.7 Å². The Bertz CT molecular complexity index is 749. The van der Waals surface area contributed by atoms with Gasteiger partial charge in [-0.25, -0.2) is 0 Å². The number of rotatable bonds is 5. The first-order chi connectivity index (χ1) is 12.1. The summed E-state index contributed by atoms with van der Waals surface area (Å²) in [6.07, 6.45) is 7.46. The van der Waals surface area contributed by atoms with Crippen molar-refractivity contribution in [2.24, 2.45) is 5.16 Å². The van der Waals surface area contributed by atoms with Crippen molar-refractivity contribution in [1.29, 1.82) is 0 Å². The van der Waals surface area contributed by atoms with Gasteiger partial charge in [0.25, 0.3) is 0 Å². The Morgan fingerprint density at radius 2 is 2.08 bits per heavy atom. The van der Waals surface area contributed by atoms with E-state index in [-0.39, 0.29) is 0 Å². The standard InChI is InChI=1S/C18H22Cl2N4O/c1-2-23-12-16(10-21-23)24(15-8-6-14(22-25)7-9-15)11-13-4-3-5-17(19)18(13)20/h3-5,10,12,15,25H,2,6-9,11H2,1H3. The molecule has 0 atom stereocenters. The monoisotopic (exact) mass is 380 g/mol. The topological polar surface area (TPSA) is 53.7 Å². The number of aromatic nitrogens is 2. The number of anilines is 1. The van der Waals surface area contributed by atoms with Gasteiger partial charge in [-0.15, -0.1) is 0 Å². The lowest BCUT2D eigenvalue weighted by atomic mass is 9.92. The molecule has 25 heavy (non-hydrogen) atoms. The molecule has 2 aromatic rings. The average molecular weight is 381 g/mol. The molecular formula is C18H22Cl2N4O. The number of oxime groups is 1. The van der Waals surface area contributed by atoms with E-state index in [0.29, 0.717) is 22.6 Å². The lowest BCUT2D eigenvalue weighted by Crippen LogP contribution is -2.38. The quantitative estimate of drug-likeness (QED) is 0.587. The summed E-state index contributed by atoms with van der Waals surface area (Å²) in [6.45, 7) is 3.57. The van der Waals surface area contributed by atoms with Crippen molar-refractivity contribution in [3.05, 3.63) is 46.2 Å². The van der Waals surface area contributed by atoms with Crippen LogP contribution in [0.3, 0.4) is 0 Å². The maximum absolute atomic E-state index is 9.00. The van der Waals surface area contributed by atoms with Crippen molar-refractivity contribution < 1.29 is 5.21 Å². The van der Waals surface area contributed by atoms with E-state index in [0.717, 1.165) is 49.2 Å². The van der Waals surface area contributed by atoms with Gasteiger partial charge in [-0.1, -0.05) is 40.5 Å². The molecule has 7 heteroatoms. The van der Waals surface area contributed by atoms with Gasteiger partial charge >= 0.3 is 0 Å². The van der Waals surface area contributed by atoms with E-state index >= 15 is 0 Å². The van der Waals surface area contributed by atoms with Crippen LogP contribution in [-0.4, -0.2) is 26.7 Å². The lowest BCUT2D eigenvalue weighted by Gasteiger charge is -2.35. The van der Waals surface area contributed by atoms with E-state index < -0.39 is 0 Å². The van der Waals surface area contributed by atoms with Crippen LogP contribution in [0.25, 0.3) is 0 Å². The fourth-order valence-electron chi connectivity index (χ4n) is 3.31. The highest BCUT2D eigenvalue weighted by Gasteiger charge is 2.26. The van der Waals surface area contributed by atoms with Crippen LogP contribution in [-0.2, 0) is 13.1 Å². The molecule has 134 valence electrons. The Morgan fingerprint density at radius 1 is 1.32 bits per heavy atom. The summed E-state index contributed by atoms with van der Waals surface area (Å²) < 4.78 is 1.92. The normalized spacial score (nSPS) is 17.6. The lowest BCUT2D eigenvalue weighted by molar-refractivity contribution is 0.313. The Balaban J connectivity index is 1.87. The van der Waals surface area contributed by atoms with Crippen LogP contribution in [0.4, 0.5) is 5.69 Å². The number of hydrogen-bond acceptors (Lipinski definition) is 4. The van der Waals surface area contributed by atoms with Gasteiger partial charge in [0.05, 0.1) is 27.6 Å². The van der Waals surface area contributed by atoms with Crippen LogP contribution in [0, 0.1) is 0 Å². The maximum Gasteiger partial charge on any atom is 0.0758 e. The summed E-state index contributed by atoms with van der Waals surface area (Å²) in [7, 11) is 0. The van der Waals surface area contributed by atoms with Crippen molar-refractivity contribution in [2.45, 2.75) is 51.7 Å². The second-order valence-corrected chi connectivity index (χ2v) is 7.08. The molecule has 0 amide bonds. The molecule has 1 fully saturated rings. The molecule has 3 rings (SSSR count). The van der Waals surface area contributed by atoms with E-state index in [2.05, 4.69) is 28.3 Å². The van der Waals surface area contributed by atoms with Crippen molar-refractivity contribution in [2.75, 3.05) is 4.90 Å². The first kappa shape index (κ1) is 18.1. The largest absolute Gasteiger partial charge is 0.411 e. The molecule has 0 unspecified atom stereocenters. The van der Waals surface area contributed by atoms with E-state index in [1.807, 2.05) is 23.0 Å². The summed E-state index contributed by atoms with van der Waals surface area (Å²) >= 11 is 12.6. The maximum atomic E-state index is 9.00. The summed E-state index contributed by atoms with van der Waals surface area (Å²) in [4.78, 5) is 2.34. The van der Waals surface area contributed by atoms with E-state index in [1.165, 1.54) is 0 Å². The van der Waals surface area contributed by atoms with Gasteiger partial charge in [0.15, 0.2) is 0 Å². The predicted octanol–water partition coefficient (Wildman–Crippen LogP) is 4.99. The summed E-state index contributed by atoms with van der Waals surface area (Å²) in [5.41, 5.74) is 2.95. The van der Waals surface area contributed by atoms with E-state index in [9.17, 15) is 0 Å². The molecule has 1 N–H and O–H groups in total. The predicted molar refractivity (Wildman–Crippen MR) is 102 cm³/mol. The SMILES string of the molecule is CCn1cc(N(Cc2cccc(Cl)c2Cl)C2CCC(=NO)CC2)cn1. The number of nitrogens with zero attached hydrogens (tertiary/aromatic N) is 4. The Morgan fingerprint density at radius 3 is 2.72 bits per heavy atom. The van der Waals surface area contributed by atoms with Gasteiger partial charge in [0.2, 0.25) is 0 Å². The second kappa shape index (κ2) is 8.11. The minimum atomic E-state index is 0.343. The molecule has 5 nitrogen and oxygen atoms in total. The highest BCUT2D eigenvalue weighted by atomic mass is 35.5. The van der Waals surface area contributed by atoms with Gasteiger partial charge in [-0.3, -0.25) is 4.68 Å². The molecule has 1 heterocycles. The first-order valence-corrected chi connectivity index (χ1v) is 9.29. The molecule has 1 aromatic heterocycles. The van der Waals surface area contributed by atoms with E-state index in [4.69, 9.17) is 28.4 Å². The van der Waals surface area contributed by atoms with Crippen LogP contribution in [0.2, 0.25) is 10.0 Å². The summed E-state index contributed by atoms with van der Waals surface area (Å²) in [6, 6.07) is 6.08. The smallest absolute Gasteiger partial charge is 0.0758 e. The molecule has 1 aliphatic carbocycles. The molecule has 0 bridgehead atoms. The molecule has 0 spiro atoms. The number of hydrogen-bond donors (Lipinski definition) is 1. The van der Waals surface area contributed by atoms with Crippen LogP contribution in [0.5, 0.6) is 0 Å². The molecule has 0 aliphatic heterocycles. The highest BCUT2D eigenvalue weighted by Crippen LogP contribution is 2.32. The van der Waals surface area contributed by atoms with E-state index in [1.54, 1.807) is 6.07 Å². The average Bonchev–Trinajstić information content (AvgIpc) is 3.12. The van der Waals surface area contributed by atoms with Gasteiger partial charge < -0.3 is 10.1 Å². The fourth-order valence-corrected chi connectivity index (χ4v) is 3.69. The third-order valence-corrected chi connectivity index (χ3v) is 5.62. The zero-order chi connectivity index (χ0) is 17.8. The molecule has 1 aliphatic rings. The van der Waals surface area contributed by atoms with Crippen LogP contribution < -0.4 is 4.90 Å². The van der Waals surface area contributed by atoms with Gasteiger partial charge in [0.1, 0.15) is 0 Å². The summed E-state index contributed by atoms with van der Waals surface area (Å²) in [5, 5.41) is 18.0. The van der Waals surface area contributed by atoms with Crippen molar-refractivity contribution >= 4 is 34.6 Å². The van der Waals surface area contributed by atoms with Crippen molar-refractivity contribution in [3.8, 4) is 0 Å². The van der Waals surface area contributed by atoms with Gasteiger partial charge in [-0.05, 0) is 44.2 Å². The Labute approximate surface area is 157 Å². The third kappa shape index (κ3) is 4.10. The summed E-state index contributed by atoms with van der Waals surface area (Å²) in [5.74, 6) is 0. The zero-order valence-corrected chi connectivity index (χ0v) is 15.7. The minimum Gasteiger partial charge on any atom is -0.411 e. The molecule has 1 aromatic carbocycles. The van der Waals surface area contributed by atoms with Gasteiger partial charge in [-0.2, -0.15) is 5.10 Å². The molecular weight excluding hydrogens is 359 g/mol. The molecule has 1 saturated carbocycles. The third-order valence-electron chi connectivity index (χ3n) is 4.76. The van der Waals surface area contributed by atoms with Crippen LogP contribution in [0.1, 0.15) is 38.2 Å². The van der Waals surface area contributed by atoms with Crippen LogP contribution >= 0.6 is 23.2 Å². The van der Waals surface area contributed by atoms with Crippen molar-refractivity contribution in [1.82, 2.24) is 9.78 Å². The van der Waals surface area contributed by atoms with Crippen molar-refractivity contribution in [3.63, 3.8) is 0 Å². The highest BCUT2D eigenvalue weighted by molar-refractivity contribution is 6.42. The number of halogens is 2. The minimum absolute atomic E-state index is 0.343. The molecule has 0 saturated heterocycles. The number of aryl methyl sites for hydroxylation is 1. The Kier molecular flexibility index (Phi) is 5.86. The fraction of sp³-hybridized carbons (Fsp3) is 0.444. The number of benzene rings is 1. The zero-order valence-electron chi connectivity index (χ0n) is 14.2. The molecule has 0 radical (unpaired) electrons. The van der Waals surface area contributed by atoms with Gasteiger partial charge in [0, 0.05) is 25.3 Å².